The summed E-state index contributed by atoms with van der Waals surface area (Å²) in [5.74, 6) is 0.543. The predicted molar refractivity (Wildman–Crippen MR) is 87.9 cm³/mol. The highest BCUT2D eigenvalue weighted by Crippen LogP contribution is 2.29. The SMILES string of the molecule is COc1ccc(Cl)cc1NC(=O)N[C@@H](C)c1ccc(Cl)s1. The lowest BCUT2D eigenvalue weighted by atomic mass is 10.2. The Bertz CT molecular complexity index is 646. The molecule has 1 aromatic carbocycles. The number of halogens is 2. The van der Waals surface area contributed by atoms with E-state index >= 15 is 0 Å². The van der Waals surface area contributed by atoms with Crippen LogP contribution in [0, 0.1) is 0 Å². The van der Waals surface area contributed by atoms with Gasteiger partial charge in [-0.3, -0.25) is 0 Å². The lowest BCUT2D eigenvalue weighted by Gasteiger charge is -2.15. The second kappa shape index (κ2) is 7.02. The van der Waals surface area contributed by atoms with Gasteiger partial charge in [0.05, 0.1) is 23.2 Å². The van der Waals surface area contributed by atoms with Crippen molar-refractivity contribution in [3.05, 3.63) is 44.6 Å². The summed E-state index contributed by atoms with van der Waals surface area (Å²) in [5, 5.41) is 6.07. The molecule has 0 fully saturated rings. The van der Waals surface area contributed by atoms with Gasteiger partial charge in [-0.25, -0.2) is 4.79 Å². The van der Waals surface area contributed by atoms with E-state index in [1.54, 1.807) is 24.3 Å². The molecule has 4 nitrogen and oxygen atoms in total. The largest absolute Gasteiger partial charge is 0.495 e. The predicted octanol–water partition coefficient (Wildman–Crippen LogP) is 4.95. The molecule has 2 N–H and O–H groups in total. The number of amides is 2. The molecule has 2 amide bonds. The van der Waals surface area contributed by atoms with Crippen LogP contribution in [0.2, 0.25) is 9.36 Å². The van der Waals surface area contributed by atoms with Crippen LogP contribution in [0.1, 0.15) is 17.8 Å². The van der Waals surface area contributed by atoms with Crippen molar-refractivity contribution in [1.82, 2.24) is 5.32 Å². The quantitative estimate of drug-likeness (QED) is 0.824. The minimum atomic E-state index is -0.340. The smallest absolute Gasteiger partial charge is 0.319 e. The van der Waals surface area contributed by atoms with Crippen molar-refractivity contribution in [3.8, 4) is 5.75 Å². The molecule has 2 aromatic rings. The third-order valence-electron chi connectivity index (χ3n) is 2.78. The number of carbonyl (C=O) groups excluding carboxylic acids is 1. The van der Waals surface area contributed by atoms with Gasteiger partial charge in [0.15, 0.2) is 0 Å². The maximum absolute atomic E-state index is 12.0. The molecule has 0 radical (unpaired) electrons. The monoisotopic (exact) mass is 344 g/mol. The van der Waals surface area contributed by atoms with Crippen molar-refractivity contribution in [3.63, 3.8) is 0 Å². The van der Waals surface area contributed by atoms with Gasteiger partial charge in [0.2, 0.25) is 0 Å². The highest BCUT2D eigenvalue weighted by molar-refractivity contribution is 7.16. The van der Waals surface area contributed by atoms with E-state index in [1.165, 1.54) is 18.4 Å². The first-order valence-corrected chi connectivity index (χ1v) is 7.73. The minimum absolute atomic E-state index is 0.146. The molecule has 0 unspecified atom stereocenters. The molecule has 0 aliphatic rings. The Balaban J connectivity index is 2.03. The summed E-state index contributed by atoms with van der Waals surface area (Å²) in [5.41, 5.74) is 0.513. The summed E-state index contributed by atoms with van der Waals surface area (Å²) in [4.78, 5) is 13.0. The molecule has 0 aliphatic carbocycles. The van der Waals surface area contributed by atoms with Crippen LogP contribution in [0.4, 0.5) is 10.5 Å². The number of urea groups is 1. The molecule has 0 aliphatic heterocycles. The normalized spacial score (nSPS) is 11.8. The number of anilines is 1. The van der Waals surface area contributed by atoms with Gasteiger partial charge in [0.1, 0.15) is 5.75 Å². The minimum Gasteiger partial charge on any atom is -0.495 e. The number of ether oxygens (including phenoxy) is 1. The van der Waals surface area contributed by atoms with Crippen molar-refractivity contribution < 1.29 is 9.53 Å². The molecule has 21 heavy (non-hydrogen) atoms. The Labute approximate surface area is 137 Å². The first-order chi connectivity index (χ1) is 9.99. The third-order valence-corrected chi connectivity index (χ3v) is 4.43. The number of benzene rings is 1. The van der Waals surface area contributed by atoms with Gasteiger partial charge >= 0.3 is 6.03 Å². The summed E-state index contributed by atoms with van der Waals surface area (Å²) in [7, 11) is 1.53. The summed E-state index contributed by atoms with van der Waals surface area (Å²) in [6, 6.07) is 8.22. The zero-order chi connectivity index (χ0) is 15.4. The number of methoxy groups -OCH3 is 1. The molecule has 1 heterocycles. The Morgan fingerprint density at radius 3 is 2.67 bits per heavy atom. The van der Waals surface area contributed by atoms with E-state index in [-0.39, 0.29) is 12.1 Å². The molecule has 2 rings (SSSR count). The highest BCUT2D eigenvalue weighted by atomic mass is 35.5. The van der Waals surface area contributed by atoms with E-state index < -0.39 is 0 Å². The Hall–Kier alpha value is -1.43. The van der Waals surface area contributed by atoms with Crippen molar-refractivity contribution in [2.24, 2.45) is 0 Å². The number of thiophene rings is 1. The van der Waals surface area contributed by atoms with E-state index in [0.717, 1.165) is 4.88 Å². The fraction of sp³-hybridized carbons (Fsp3) is 0.214. The molecule has 0 saturated carbocycles. The van der Waals surface area contributed by atoms with Crippen molar-refractivity contribution in [1.29, 1.82) is 0 Å². The van der Waals surface area contributed by atoms with E-state index in [0.29, 0.717) is 20.8 Å². The zero-order valence-corrected chi connectivity index (χ0v) is 13.8. The molecule has 0 spiro atoms. The number of nitrogens with one attached hydrogen (secondary N) is 2. The summed E-state index contributed by atoms with van der Waals surface area (Å²) < 4.78 is 5.87. The fourth-order valence-corrected chi connectivity index (χ4v) is 3.00. The van der Waals surface area contributed by atoms with Crippen LogP contribution in [-0.4, -0.2) is 13.1 Å². The standard InChI is InChI=1S/C14H14Cl2N2O2S/c1-8(12-5-6-13(16)21-12)17-14(19)18-10-7-9(15)3-4-11(10)20-2/h3-8H,1-2H3,(H2,17,18,19)/t8-/m0/s1. The van der Waals surface area contributed by atoms with Crippen LogP contribution in [0.15, 0.2) is 30.3 Å². The summed E-state index contributed by atoms with van der Waals surface area (Å²) in [6.45, 7) is 1.89. The van der Waals surface area contributed by atoms with Crippen LogP contribution >= 0.6 is 34.5 Å². The fourth-order valence-electron chi connectivity index (χ4n) is 1.77. The molecule has 1 atom stereocenters. The van der Waals surface area contributed by atoms with Gasteiger partial charge < -0.3 is 15.4 Å². The Morgan fingerprint density at radius 1 is 1.29 bits per heavy atom. The molecule has 0 saturated heterocycles. The maximum Gasteiger partial charge on any atom is 0.319 e. The van der Waals surface area contributed by atoms with E-state index in [4.69, 9.17) is 27.9 Å². The van der Waals surface area contributed by atoms with Gasteiger partial charge in [-0.1, -0.05) is 23.2 Å². The highest BCUT2D eigenvalue weighted by Gasteiger charge is 2.13. The van der Waals surface area contributed by atoms with Gasteiger partial charge in [0.25, 0.3) is 0 Å². The van der Waals surface area contributed by atoms with Crippen molar-refractivity contribution >= 4 is 46.3 Å². The average molecular weight is 345 g/mol. The molecule has 7 heteroatoms. The number of hydrogen-bond donors (Lipinski definition) is 2. The summed E-state index contributed by atoms with van der Waals surface area (Å²) >= 11 is 13.2. The van der Waals surface area contributed by atoms with Gasteiger partial charge in [-0.2, -0.15) is 0 Å². The lowest BCUT2D eigenvalue weighted by molar-refractivity contribution is 0.249. The second-order valence-electron chi connectivity index (χ2n) is 4.31. The van der Waals surface area contributed by atoms with Gasteiger partial charge in [0, 0.05) is 9.90 Å². The Morgan fingerprint density at radius 2 is 2.05 bits per heavy atom. The molecule has 112 valence electrons. The number of hydrogen-bond acceptors (Lipinski definition) is 3. The van der Waals surface area contributed by atoms with Crippen LogP contribution in [0.3, 0.4) is 0 Å². The first-order valence-electron chi connectivity index (χ1n) is 6.16. The van der Waals surface area contributed by atoms with Gasteiger partial charge in [-0.15, -0.1) is 11.3 Å². The number of rotatable bonds is 4. The lowest BCUT2D eigenvalue weighted by Crippen LogP contribution is -2.30. The topological polar surface area (TPSA) is 50.4 Å². The van der Waals surface area contributed by atoms with Crippen molar-refractivity contribution in [2.45, 2.75) is 13.0 Å². The number of carbonyl (C=O) groups is 1. The van der Waals surface area contributed by atoms with Crippen LogP contribution in [0.25, 0.3) is 0 Å². The van der Waals surface area contributed by atoms with E-state index in [9.17, 15) is 4.79 Å². The van der Waals surface area contributed by atoms with E-state index in [1.807, 2.05) is 13.0 Å². The molecule has 0 bridgehead atoms. The average Bonchev–Trinajstić information content (AvgIpc) is 2.85. The molecular weight excluding hydrogens is 331 g/mol. The molecular formula is C14H14Cl2N2O2S. The van der Waals surface area contributed by atoms with E-state index in [2.05, 4.69) is 10.6 Å². The Kier molecular flexibility index (Phi) is 5.33. The first kappa shape index (κ1) is 15.9. The summed E-state index contributed by atoms with van der Waals surface area (Å²) in [6.07, 6.45) is 0. The molecule has 1 aromatic heterocycles. The maximum atomic E-state index is 12.0. The second-order valence-corrected chi connectivity index (χ2v) is 6.49. The third kappa shape index (κ3) is 4.27. The van der Waals surface area contributed by atoms with Crippen molar-refractivity contribution in [2.75, 3.05) is 12.4 Å². The van der Waals surface area contributed by atoms with Crippen LogP contribution in [0.5, 0.6) is 5.75 Å². The van der Waals surface area contributed by atoms with Gasteiger partial charge in [-0.05, 0) is 37.3 Å². The zero-order valence-electron chi connectivity index (χ0n) is 11.4. The van der Waals surface area contributed by atoms with Crippen LogP contribution in [-0.2, 0) is 0 Å². The van der Waals surface area contributed by atoms with Crippen LogP contribution < -0.4 is 15.4 Å².